The topological polar surface area (TPSA) is 62.6 Å². The van der Waals surface area contributed by atoms with Crippen LogP contribution in [0.3, 0.4) is 0 Å². The molecular weight excluding hydrogens is 340 g/mol. The number of ether oxygens (including phenoxy) is 2. The predicted octanol–water partition coefficient (Wildman–Crippen LogP) is 4.30. The Morgan fingerprint density at radius 3 is 2.37 bits per heavy atom. The van der Waals surface area contributed by atoms with Gasteiger partial charge in [-0.2, -0.15) is 5.26 Å². The Labute approximate surface area is 160 Å². The number of amides is 1. The molecule has 142 valence electrons. The van der Waals surface area contributed by atoms with Gasteiger partial charge in [0.25, 0.3) is 5.91 Å². The molecule has 5 nitrogen and oxygen atoms in total. The normalized spacial score (nSPS) is 17.0. The molecule has 0 bridgehead atoms. The second kappa shape index (κ2) is 7.87. The van der Waals surface area contributed by atoms with E-state index >= 15 is 0 Å². The fourth-order valence-electron chi connectivity index (χ4n) is 3.80. The second-order valence-electron chi connectivity index (χ2n) is 7.24. The fraction of sp³-hybridized carbons (Fsp3) is 0.455. The largest absolute Gasteiger partial charge is 0.497 e. The first-order chi connectivity index (χ1) is 13.0. The molecule has 0 spiro atoms. The van der Waals surface area contributed by atoms with Crippen molar-refractivity contribution in [1.29, 1.82) is 5.26 Å². The number of methoxy groups -OCH3 is 1. The van der Waals surface area contributed by atoms with Gasteiger partial charge in [-0.15, -0.1) is 0 Å². The summed E-state index contributed by atoms with van der Waals surface area (Å²) in [5.74, 6) is 1.24. The van der Waals surface area contributed by atoms with E-state index in [4.69, 9.17) is 9.47 Å². The van der Waals surface area contributed by atoms with E-state index in [-0.39, 0.29) is 5.91 Å². The third kappa shape index (κ3) is 3.85. The van der Waals surface area contributed by atoms with Gasteiger partial charge in [0, 0.05) is 7.05 Å². The average Bonchev–Trinajstić information content (AvgIpc) is 2.72. The summed E-state index contributed by atoms with van der Waals surface area (Å²) in [6.45, 7) is 1.74. The number of rotatable bonds is 5. The molecular formula is C22H26N2O3. The minimum absolute atomic E-state index is 0.163. The zero-order valence-corrected chi connectivity index (χ0v) is 16.2. The fourth-order valence-corrected chi connectivity index (χ4v) is 3.80. The van der Waals surface area contributed by atoms with Crippen LogP contribution in [0, 0.1) is 11.3 Å². The van der Waals surface area contributed by atoms with Gasteiger partial charge in [-0.1, -0.05) is 31.4 Å². The molecule has 1 aliphatic rings. The lowest BCUT2D eigenvalue weighted by atomic mass is 9.81. The van der Waals surface area contributed by atoms with E-state index in [1.54, 1.807) is 26.0 Å². The molecule has 1 atom stereocenters. The summed E-state index contributed by atoms with van der Waals surface area (Å²) < 4.78 is 11.2. The monoisotopic (exact) mass is 366 g/mol. The first-order valence-electron chi connectivity index (χ1n) is 9.42. The van der Waals surface area contributed by atoms with E-state index in [1.807, 2.05) is 36.4 Å². The van der Waals surface area contributed by atoms with Gasteiger partial charge >= 0.3 is 0 Å². The second-order valence-corrected chi connectivity index (χ2v) is 7.24. The molecule has 0 radical (unpaired) electrons. The minimum atomic E-state index is -0.705. The highest BCUT2D eigenvalue weighted by Gasteiger charge is 2.40. The van der Waals surface area contributed by atoms with Gasteiger partial charge in [0.1, 0.15) is 17.0 Å². The van der Waals surface area contributed by atoms with Crippen molar-refractivity contribution in [3.05, 3.63) is 36.4 Å². The molecule has 1 fully saturated rings. The van der Waals surface area contributed by atoms with Crippen molar-refractivity contribution >= 4 is 16.7 Å². The van der Waals surface area contributed by atoms with E-state index in [0.717, 1.165) is 48.6 Å². The Morgan fingerprint density at radius 2 is 1.74 bits per heavy atom. The van der Waals surface area contributed by atoms with Crippen LogP contribution in [0.5, 0.6) is 11.5 Å². The highest BCUT2D eigenvalue weighted by molar-refractivity contribution is 5.86. The number of carbonyl (C=O) groups is 1. The Balaban J connectivity index is 1.75. The summed E-state index contributed by atoms with van der Waals surface area (Å²) in [6, 6.07) is 14.0. The number of nitrogens with zero attached hydrogens (tertiary/aromatic N) is 2. The van der Waals surface area contributed by atoms with E-state index < -0.39 is 11.6 Å². The molecule has 1 amide bonds. The van der Waals surface area contributed by atoms with Gasteiger partial charge in [-0.05, 0) is 54.8 Å². The molecule has 3 rings (SSSR count). The van der Waals surface area contributed by atoms with E-state index in [0.29, 0.717) is 5.75 Å². The molecule has 0 aromatic heterocycles. The van der Waals surface area contributed by atoms with Gasteiger partial charge in [0.05, 0.1) is 13.2 Å². The lowest BCUT2D eigenvalue weighted by Crippen LogP contribution is -2.53. The summed E-state index contributed by atoms with van der Waals surface area (Å²) in [7, 11) is 3.36. The molecule has 5 heteroatoms. The van der Waals surface area contributed by atoms with Crippen molar-refractivity contribution in [2.45, 2.75) is 50.7 Å². The first kappa shape index (κ1) is 19.0. The van der Waals surface area contributed by atoms with Crippen molar-refractivity contribution in [2.24, 2.45) is 0 Å². The predicted molar refractivity (Wildman–Crippen MR) is 105 cm³/mol. The Bertz CT molecular complexity index is 865. The van der Waals surface area contributed by atoms with E-state index in [2.05, 4.69) is 6.07 Å². The quantitative estimate of drug-likeness (QED) is 0.791. The van der Waals surface area contributed by atoms with Crippen molar-refractivity contribution in [1.82, 2.24) is 4.90 Å². The van der Waals surface area contributed by atoms with Crippen LogP contribution in [0.15, 0.2) is 36.4 Å². The van der Waals surface area contributed by atoms with Crippen LogP contribution in [0.4, 0.5) is 0 Å². The molecule has 1 aliphatic carbocycles. The van der Waals surface area contributed by atoms with Crippen LogP contribution in [-0.2, 0) is 4.79 Å². The van der Waals surface area contributed by atoms with Gasteiger partial charge in [-0.3, -0.25) is 4.79 Å². The summed E-state index contributed by atoms with van der Waals surface area (Å²) in [6.07, 6.45) is 3.88. The number of hydrogen-bond acceptors (Lipinski definition) is 4. The summed E-state index contributed by atoms with van der Waals surface area (Å²) >= 11 is 0. The molecule has 0 unspecified atom stereocenters. The zero-order chi connectivity index (χ0) is 19.4. The van der Waals surface area contributed by atoms with Gasteiger partial charge in [0.15, 0.2) is 6.10 Å². The zero-order valence-electron chi connectivity index (χ0n) is 16.2. The number of carbonyl (C=O) groups excluding carboxylic acids is 1. The lowest BCUT2D eigenvalue weighted by Gasteiger charge is -2.40. The van der Waals surface area contributed by atoms with Crippen molar-refractivity contribution < 1.29 is 14.3 Å². The SMILES string of the molecule is COc1ccc2ccc(O[C@@H](C)C(=O)N(C)C3(C#N)CCCCC3)cc2c1. The van der Waals surface area contributed by atoms with Gasteiger partial charge in [-0.25, -0.2) is 0 Å². The maximum Gasteiger partial charge on any atom is 0.264 e. The number of hydrogen-bond donors (Lipinski definition) is 0. The van der Waals surface area contributed by atoms with Gasteiger partial charge < -0.3 is 14.4 Å². The van der Waals surface area contributed by atoms with Crippen molar-refractivity contribution in [3.63, 3.8) is 0 Å². The molecule has 0 saturated heterocycles. The highest BCUT2D eigenvalue weighted by atomic mass is 16.5. The molecule has 2 aromatic carbocycles. The average molecular weight is 366 g/mol. The van der Waals surface area contributed by atoms with Crippen LogP contribution in [0.1, 0.15) is 39.0 Å². The molecule has 0 aliphatic heterocycles. The van der Waals surface area contributed by atoms with E-state index in [1.165, 1.54) is 0 Å². The molecule has 0 N–H and O–H groups in total. The number of benzene rings is 2. The minimum Gasteiger partial charge on any atom is -0.497 e. The maximum atomic E-state index is 12.9. The summed E-state index contributed by atoms with van der Waals surface area (Å²) in [4.78, 5) is 14.5. The summed E-state index contributed by atoms with van der Waals surface area (Å²) in [5.41, 5.74) is -0.705. The molecule has 2 aromatic rings. The third-order valence-corrected chi connectivity index (χ3v) is 5.54. The standard InChI is InChI=1S/C22H26N2O3/c1-16(21(25)24(2)22(15-23)11-5-4-6-12-22)27-20-10-8-17-7-9-19(26-3)13-18(17)14-20/h7-10,13-14,16H,4-6,11-12H2,1-3H3/t16-/m0/s1. The van der Waals surface area contributed by atoms with Crippen LogP contribution in [0.2, 0.25) is 0 Å². The molecule has 1 saturated carbocycles. The summed E-state index contributed by atoms with van der Waals surface area (Å²) in [5, 5.41) is 11.8. The molecule has 27 heavy (non-hydrogen) atoms. The Morgan fingerprint density at radius 1 is 1.11 bits per heavy atom. The van der Waals surface area contributed by atoms with Crippen molar-refractivity contribution in [2.75, 3.05) is 14.2 Å². The molecule has 0 heterocycles. The first-order valence-corrected chi connectivity index (χ1v) is 9.42. The van der Waals surface area contributed by atoms with Gasteiger partial charge in [0.2, 0.25) is 0 Å². The number of nitriles is 1. The van der Waals surface area contributed by atoms with Crippen LogP contribution >= 0.6 is 0 Å². The van der Waals surface area contributed by atoms with E-state index in [9.17, 15) is 10.1 Å². The van der Waals surface area contributed by atoms with Crippen LogP contribution < -0.4 is 9.47 Å². The van der Waals surface area contributed by atoms with Crippen molar-refractivity contribution in [3.8, 4) is 17.6 Å². The lowest BCUT2D eigenvalue weighted by molar-refractivity contribution is -0.141. The smallest absolute Gasteiger partial charge is 0.264 e. The highest BCUT2D eigenvalue weighted by Crippen LogP contribution is 2.33. The van der Waals surface area contributed by atoms with Crippen LogP contribution in [-0.4, -0.2) is 36.6 Å². The Hall–Kier alpha value is -2.74. The maximum absolute atomic E-state index is 12.9. The number of fused-ring (bicyclic) bond motifs is 1. The Kier molecular flexibility index (Phi) is 5.55. The van der Waals surface area contributed by atoms with Crippen LogP contribution in [0.25, 0.3) is 10.8 Å². The third-order valence-electron chi connectivity index (χ3n) is 5.54. The number of likely N-dealkylation sites (N-methyl/N-ethyl adjacent to an activating group) is 1.